The SMILES string of the molecule is COc1ncc(C2CC(=O)NCCN2)c(C(C)C)n1. The van der Waals surface area contributed by atoms with Gasteiger partial charge in [0.2, 0.25) is 5.91 Å². The Morgan fingerprint density at radius 3 is 2.89 bits per heavy atom. The lowest BCUT2D eigenvalue weighted by atomic mass is 9.97. The van der Waals surface area contributed by atoms with Gasteiger partial charge in [-0.15, -0.1) is 0 Å². The summed E-state index contributed by atoms with van der Waals surface area (Å²) in [6, 6.07) is 0.330. The zero-order chi connectivity index (χ0) is 13.8. The maximum atomic E-state index is 11.7. The van der Waals surface area contributed by atoms with Gasteiger partial charge in [-0.05, 0) is 5.92 Å². The van der Waals surface area contributed by atoms with Crippen LogP contribution in [0.15, 0.2) is 6.20 Å². The highest BCUT2D eigenvalue weighted by Crippen LogP contribution is 2.26. The van der Waals surface area contributed by atoms with Crippen LogP contribution in [0.3, 0.4) is 0 Å². The van der Waals surface area contributed by atoms with E-state index in [0.717, 1.165) is 17.8 Å². The van der Waals surface area contributed by atoms with Crippen LogP contribution in [0.5, 0.6) is 6.01 Å². The van der Waals surface area contributed by atoms with Gasteiger partial charge in [0, 0.05) is 37.3 Å². The molecular weight excluding hydrogens is 244 g/mol. The lowest BCUT2D eigenvalue weighted by Crippen LogP contribution is -2.25. The molecule has 0 radical (unpaired) electrons. The number of hydrogen-bond donors (Lipinski definition) is 2. The molecule has 1 atom stereocenters. The first-order chi connectivity index (χ1) is 9.11. The summed E-state index contributed by atoms with van der Waals surface area (Å²) in [6.07, 6.45) is 2.17. The van der Waals surface area contributed by atoms with Crippen LogP contribution in [-0.2, 0) is 4.79 Å². The second-order valence-corrected chi connectivity index (χ2v) is 4.91. The molecule has 2 heterocycles. The van der Waals surface area contributed by atoms with Crippen molar-refractivity contribution in [2.45, 2.75) is 32.2 Å². The van der Waals surface area contributed by atoms with E-state index < -0.39 is 0 Å². The zero-order valence-electron chi connectivity index (χ0n) is 11.6. The second-order valence-electron chi connectivity index (χ2n) is 4.91. The van der Waals surface area contributed by atoms with Gasteiger partial charge in [-0.3, -0.25) is 4.79 Å². The largest absolute Gasteiger partial charge is 0.467 e. The molecule has 0 bridgehead atoms. The van der Waals surface area contributed by atoms with Crippen LogP contribution in [0.1, 0.15) is 43.5 Å². The molecule has 2 rings (SSSR count). The van der Waals surface area contributed by atoms with E-state index in [0.29, 0.717) is 19.0 Å². The van der Waals surface area contributed by atoms with E-state index in [1.54, 1.807) is 13.3 Å². The van der Waals surface area contributed by atoms with Crippen LogP contribution in [0.4, 0.5) is 0 Å². The number of nitrogens with one attached hydrogen (secondary N) is 2. The Hall–Kier alpha value is -1.69. The first kappa shape index (κ1) is 13.7. The fourth-order valence-corrected chi connectivity index (χ4v) is 2.21. The molecular formula is C13H20N4O2. The molecule has 1 aliphatic heterocycles. The highest BCUT2D eigenvalue weighted by Gasteiger charge is 2.23. The summed E-state index contributed by atoms with van der Waals surface area (Å²) in [5, 5.41) is 6.21. The topological polar surface area (TPSA) is 76.1 Å². The van der Waals surface area contributed by atoms with E-state index in [2.05, 4.69) is 34.4 Å². The van der Waals surface area contributed by atoms with Crippen molar-refractivity contribution >= 4 is 5.91 Å². The summed E-state index contributed by atoms with van der Waals surface area (Å²) in [7, 11) is 1.55. The van der Waals surface area contributed by atoms with Crippen molar-refractivity contribution < 1.29 is 9.53 Å². The van der Waals surface area contributed by atoms with Crippen molar-refractivity contribution in [2.24, 2.45) is 0 Å². The molecule has 0 saturated carbocycles. The van der Waals surface area contributed by atoms with Gasteiger partial charge >= 0.3 is 6.01 Å². The van der Waals surface area contributed by atoms with Gasteiger partial charge in [0.15, 0.2) is 0 Å². The number of aromatic nitrogens is 2. The standard InChI is InChI=1S/C13H20N4O2/c1-8(2)12-9(7-16-13(17-12)19-3)10-6-11(18)15-5-4-14-10/h7-8,10,14H,4-6H2,1-3H3,(H,15,18). The molecule has 0 aliphatic carbocycles. The molecule has 0 aromatic carbocycles. The number of methoxy groups -OCH3 is 1. The molecule has 6 nitrogen and oxygen atoms in total. The lowest BCUT2D eigenvalue weighted by Gasteiger charge is -2.19. The smallest absolute Gasteiger partial charge is 0.316 e. The van der Waals surface area contributed by atoms with Crippen molar-refractivity contribution in [3.63, 3.8) is 0 Å². The molecule has 6 heteroatoms. The van der Waals surface area contributed by atoms with Gasteiger partial charge in [-0.2, -0.15) is 4.98 Å². The van der Waals surface area contributed by atoms with Crippen LogP contribution in [0, 0.1) is 0 Å². The van der Waals surface area contributed by atoms with Gasteiger partial charge in [-0.1, -0.05) is 13.8 Å². The third-order valence-electron chi connectivity index (χ3n) is 3.16. The van der Waals surface area contributed by atoms with E-state index in [1.165, 1.54) is 0 Å². The monoisotopic (exact) mass is 264 g/mol. The molecule has 2 N–H and O–H groups in total. The fraction of sp³-hybridized carbons (Fsp3) is 0.615. The van der Waals surface area contributed by atoms with Crippen molar-refractivity contribution in [3.8, 4) is 6.01 Å². The predicted octanol–water partition coefficient (Wildman–Crippen LogP) is 0.759. The number of carbonyl (C=O) groups is 1. The summed E-state index contributed by atoms with van der Waals surface area (Å²) < 4.78 is 5.07. The Morgan fingerprint density at radius 2 is 2.21 bits per heavy atom. The molecule has 19 heavy (non-hydrogen) atoms. The minimum absolute atomic E-state index is 0.0363. The molecule has 104 valence electrons. The van der Waals surface area contributed by atoms with Crippen LogP contribution >= 0.6 is 0 Å². The van der Waals surface area contributed by atoms with E-state index in [9.17, 15) is 4.79 Å². The minimum atomic E-state index is -0.0363. The average Bonchev–Trinajstić information content (AvgIpc) is 2.62. The van der Waals surface area contributed by atoms with Crippen LogP contribution < -0.4 is 15.4 Å². The van der Waals surface area contributed by atoms with Crippen LogP contribution in [-0.4, -0.2) is 36.1 Å². The Kier molecular flexibility index (Phi) is 4.31. The fourth-order valence-electron chi connectivity index (χ4n) is 2.21. The summed E-state index contributed by atoms with van der Waals surface area (Å²) in [6.45, 7) is 5.55. The molecule has 1 aromatic rings. The normalized spacial score (nSPS) is 20.0. The summed E-state index contributed by atoms with van der Waals surface area (Å²) in [5.74, 6) is 0.306. The molecule has 1 amide bonds. The summed E-state index contributed by atoms with van der Waals surface area (Å²) >= 11 is 0. The van der Waals surface area contributed by atoms with E-state index in [-0.39, 0.29) is 17.9 Å². The number of nitrogens with zero attached hydrogens (tertiary/aromatic N) is 2. The lowest BCUT2D eigenvalue weighted by molar-refractivity contribution is -0.121. The van der Waals surface area contributed by atoms with Crippen LogP contribution in [0.25, 0.3) is 0 Å². The Morgan fingerprint density at radius 1 is 1.42 bits per heavy atom. The van der Waals surface area contributed by atoms with Crippen LogP contribution in [0.2, 0.25) is 0 Å². The maximum absolute atomic E-state index is 11.7. The first-order valence-electron chi connectivity index (χ1n) is 6.52. The molecule has 0 spiro atoms. The maximum Gasteiger partial charge on any atom is 0.316 e. The van der Waals surface area contributed by atoms with Crippen molar-refractivity contribution in [2.75, 3.05) is 20.2 Å². The van der Waals surface area contributed by atoms with E-state index in [1.807, 2.05) is 0 Å². The number of rotatable bonds is 3. The minimum Gasteiger partial charge on any atom is -0.467 e. The Balaban J connectivity index is 2.34. The third kappa shape index (κ3) is 3.20. The van der Waals surface area contributed by atoms with Gasteiger partial charge in [0.1, 0.15) is 0 Å². The Bertz CT molecular complexity index is 462. The van der Waals surface area contributed by atoms with Gasteiger partial charge < -0.3 is 15.4 Å². The number of hydrogen-bond acceptors (Lipinski definition) is 5. The number of ether oxygens (including phenoxy) is 1. The molecule has 1 saturated heterocycles. The summed E-state index contributed by atoms with van der Waals surface area (Å²) in [4.78, 5) is 20.2. The zero-order valence-corrected chi connectivity index (χ0v) is 11.6. The molecule has 1 fully saturated rings. The first-order valence-corrected chi connectivity index (χ1v) is 6.52. The van der Waals surface area contributed by atoms with Crippen molar-refractivity contribution in [1.82, 2.24) is 20.6 Å². The number of carbonyl (C=O) groups excluding carboxylic acids is 1. The molecule has 1 aliphatic rings. The quantitative estimate of drug-likeness (QED) is 0.843. The van der Waals surface area contributed by atoms with Crippen molar-refractivity contribution in [1.29, 1.82) is 0 Å². The number of amides is 1. The van der Waals surface area contributed by atoms with E-state index >= 15 is 0 Å². The van der Waals surface area contributed by atoms with E-state index in [4.69, 9.17) is 4.74 Å². The van der Waals surface area contributed by atoms with Gasteiger partial charge in [0.25, 0.3) is 0 Å². The highest BCUT2D eigenvalue weighted by atomic mass is 16.5. The average molecular weight is 264 g/mol. The highest BCUT2D eigenvalue weighted by molar-refractivity contribution is 5.77. The molecule has 1 aromatic heterocycles. The van der Waals surface area contributed by atoms with Crippen molar-refractivity contribution in [3.05, 3.63) is 17.5 Å². The van der Waals surface area contributed by atoms with Gasteiger partial charge in [-0.25, -0.2) is 4.98 Å². The second kappa shape index (κ2) is 5.97. The molecule has 1 unspecified atom stereocenters. The summed E-state index contributed by atoms with van der Waals surface area (Å²) in [5.41, 5.74) is 1.91. The van der Waals surface area contributed by atoms with Gasteiger partial charge in [0.05, 0.1) is 12.8 Å². The Labute approximate surface area is 113 Å². The third-order valence-corrected chi connectivity index (χ3v) is 3.16. The predicted molar refractivity (Wildman–Crippen MR) is 71.0 cm³/mol.